The van der Waals surface area contributed by atoms with Crippen molar-refractivity contribution in [2.75, 3.05) is 5.32 Å². The molecule has 0 aliphatic rings. The lowest BCUT2D eigenvalue weighted by Crippen LogP contribution is -2.30. The third-order valence-corrected chi connectivity index (χ3v) is 3.91. The Labute approximate surface area is 150 Å². The number of anilines is 1. The summed E-state index contributed by atoms with van der Waals surface area (Å²) in [6.45, 7) is 3.61. The average Bonchev–Trinajstić information content (AvgIpc) is 3.13. The number of hydrogen-bond acceptors (Lipinski definition) is 4. The van der Waals surface area contributed by atoms with Crippen LogP contribution in [-0.2, 0) is 4.79 Å². The number of amides is 1. The van der Waals surface area contributed by atoms with E-state index in [0.29, 0.717) is 22.3 Å². The van der Waals surface area contributed by atoms with Crippen molar-refractivity contribution >= 4 is 23.2 Å². The molecule has 6 nitrogen and oxygen atoms in total. The van der Waals surface area contributed by atoms with Crippen molar-refractivity contribution in [2.24, 2.45) is 0 Å². The maximum Gasteiger partial charge on any atom is 0.265 e. The van der Waals surface area contributed by atoms with Crippen LogP contribution in [0.5, 0.6) is 5.75 Å². The molecule has 0 fully saturated rings. The van der Waals surface area contributed by atoms with Gasteiger partial charge in [-0.1, -0.05) is 17.7 Å². The Morgan fingerprint density at radius 2 is 2.00 bits per heavy atom. The third-order valence-electron chi connectivity index (χ3n) is 3.60. The number of carbonyl (C=O) groups is 1. The molecule has 1 atom stereocenters. The van der Waals surface area contributed by atoms with Gasteiger partial charge in [0.15, 0.2) is 11.9 Å². The Balaban J connectivity index is 1.64. The van der Waals surface area contributed by atoms with Gasteiger partial charge in [0, 0.05) is 11.3 Å². The van der Waals surface area contributed by atoms with Crippen LogP contribution in [0, 0.1) is 6.92 Å². The number of nitrogens with zero attached hydrogens (tertiary/aromatic N) is 2. The third kappa shape index (κ3) is 4.16. The summed E-state index contributed by atoms with van der Waals surface area (Å²) >= 11 is 6.10. The summed E-state index contributed by atoms with van der Waals surface area (Å²) in [7, 11) is 0. The van der Waals surface area contributed by atoms with Gasteiger partial charge < -0.3 is 10.1 Å². The van der Waals surface area contributed by atoms with Crippen molar-refractivity contribution in [3.63, 3.8) is 0 Å². The molecule has 128 valence electrons. The van der Waals surface area contributed by atoms with Crippen LogP contribution in [-0.4, -0.2) is 27.2 Å². The topological polar surface area (TPSA) is 79.9 Å². The summed E-state index contributed by atoms with van der Waals surface area (Å²) in [4.78, 5) is 16.4. The highest BCUT2D eigenvalue weighted by Crippen LogP contribution is 2.26. The number of aryl methyl sites for hydroxylation is 1. The van der Waals surface area contributed by atoms with E-state index in [1.807, 2.05) is 25.1 Å². The van der Waals surface area contributed by atoms with Gasteiger partial charge in [0.05, 0.1) is 5.02 Å². The SMILES string of the molecule is Cc1ccc(Cl)c(OC(C)C(=O)Nc2ccc(-c3ncn[nH]3)cc2)c1. The first-order valence-electron chi connectivity index (χ1n) is 7.72. The minimum absolute atomic E-state index is 0.259. The predicted octanol–water partition coefficient (Wildman–Crippen LogP) is 3.84. The van der Waals surface area contributed by atoms with Crippen molar-refractivity contribution in [1.82, 2.24) is 15.2 Å². The lowest BCUT2D eigenvalue weighted by Gasteiger charge is -2.16. The number of H-pyrrole nitrogens is 1. The molecular weight excluding hydrogens is 340 g/mol. The molecular formula is C18H17ClN4O2. The first-order valence-corrected chi connectivity index (χ1v) is 8.10. The van der Waals surface area contributed by atoms with E-state index in [1.165, 1.54) is 6.33 Å². The monoisotopic (exact) mass is 356 g/mol. The summed E-state index contributed by atoms with van der Waals surface area (Å²) in [6.07, 6.45) is 0.758. The van der Waals surface area contributed by atoms with Crippen LogP contribution < -0.4 is 10.1 Å². The Morgan fingerprint density at radius 1 is 1.24 bits per heavy atom. The number of nitrogens with one attached hydrogen (secondary N) is 2. The number of hydrogen-bond donors (Lipinski definition) is 2. The summed E-state index contributed by atoms with van der Waals surface area (Å²) in [5.74, 6) is 0.902. The Bertz CT molecular complexity index is 863. The maximum atomic E-state index is 12.3. The fraction of sp³-hybridized carbons (Fsp3) is 0.167. The molecule has 1 aromatic heterocycles. The molecule has 0 saturated heterocycles. The lowest BCUT2D eigenvalue weighted by molar-refractivity contribution is -0.122. The molecule has 1 amide bonds. The molecule has 3 aromatic rings. The number of aromatic amines is 1. The summed E-state index contributed by atoms with van der Waals surface area (Å²) in [6, 6.07) is 12.7. The van der Waals surface area contributed by atoms with E-state index in [9.17, 15) is 4.79 Å². The quantitative estimate of drug-likeness (QED) is 0.727. The number of ether oxygens (including phenoxy) is 1. The Morgan fingerprint density at radius 3 is 2.68 bits per heavy atom. The molecule has 1 unspecified atom stereocenters. The molecule has 25 heavy (non-hydrogen) atoms. The predicted molar refractivity (Wildman–Crippen MR) is 96.7 cm³/mol. The average molecular weight is 357 g/mol. The van der Waals surface area contributed by atoms with Crippen LogP contribution in [0.25, 0.3) is 11.4 Å². The highest BCUT2D eigenvalue weighted by molar-refractivity contribution is 6.32. The minimum atomic E-state index is -0.687. The van der Waals surface area contributed by atoms with Gasteiger partial charge in [-0.05, 0) is 55.8 Å². The van der Waals surface area contributed by atoms with Gasteiger partial charge in [-0.3, -0.25) is 9.89 Å². The molecule has 0 radical (unpaired) electrons. The number of benzene rings is 2. The van der Waals surface area contributed by atoms with E-state index in [4.69, 9.17) is 16.3 Å². The second-order valence-electron chi connectivity index (χ2n) is 5.59. The van der Waals surface area contributed by atoms with Gasteiger partial charge in [0.25, 0.3) is 5.91 Å². The van der Waals surface area contributed by atoms with Gasteiger partial charge in [-0.25, -0.2) is 4.98 Å². The van der Waals surface area contributed by atoms with E-state index in [-0.39, 0.29) is 5.91 Å². The second kappa shape index (κ2) is 7.36. The van der Waals surface area contributed by atoms with Gasteiger partial charge >= 0.3 is 0 Å². The Kier molecular flexibility index (Phi) is 5.00. The zero-order valence-electron chi connectivity index (χ0n) is 13.8. The number of carbonyl (C=O) groups excluding carboxylic acids is 1. The molecule has 0 aliphatic heterocycles. The second-order valence-corrected chi connectivity index (χ2v) is 6.00. The normalized spacial score (nSPS) is 11.8. The van der Waals surface area contributed by atoms with Gasteiger partial charge in [0.1, 0.15) is 12.1 Å². The first kappa shape index (κ1) is 17.0. The van der Waals surface area contributed by atoms with E-state index >= 15 is 0 Å². The fourth-order valence-electron chi connectivity index (χ4n) is 2.24. The largest absolute Gasteiger partial charge is 0.479 e. The molecule has 3 rings (SSSR count). The van der Waals surface area contributed by atoms with E-state index in [1.54, 1.807) is 31.2 Å². The van der Waals surface area contributed by atoms with Crippen LogP contribution in [0.15, 0.2) is 48.8 Å². The van der Waals surface area contributed by atoms with E-state index in [0.717, 1.165) is 11.1 Å². The van der Waals surface area contributed by atoms with Gasteiger partial charge in [-0.15, -0.1) is 0 Å². The van der Waals surface area contributed by atoms with Gasteiger partial charge in [0.2, 0.25) is 0 Å². The first-order chi connectivity index (χ1) is 12.0. The fourth-order valence-corrected chi connectivity index (χ4v) is 2.41. The minimum Gasteiger partial charge on any atom is -0.479 e. The lowest BCUT2D eigenvalue weighted by atomic mass is 10.2. The molecule has 7 heteroatoms. The van der Waals surface area contributed by atoms with Crippen LogP contribution in [0.2, 0.25) is 5.02 Å². The van der Waals surface area contributed by atoms with Crippen LogP contribution in [0.3, 0.4) is 0 Å². The molecule has 2 N–H and O–H groups in total. The summed E-state index contributed by atoms with van der Waals surface area (Å²) in [5.41, 5.74) is 2.56. The highest BCUT2D eigenvalue weighted by atomic mass is 35.5. The summed E-state index contributed by atoms with van der Waals surface area (Å²) < 4.78 is 5.68. The van der Waals surface area contributed by atoms with E-state index in [2.05, 4.69) is 20.5 Å². The number of halogens is 1. The van der Waals surface area contributed by atoms with Crippen LogP contribution >= 0.6 is 11.6 Å². The zero-order chi connectivity index (χ0) is 17.8. The molecule has 0 saturated carbocycles. The van der Waals surface area contributed by atoms with Crippen molar-refractivity contribution in [1.29, 1.82) is 0 Å². The van der Waals surface area contributed by atoms with Crippen LogP contribution in [0.4, 0.5) is 5.69 Å². The van der Waals surface area contributed by atoms with Crippen molar-refractivity contribution in [3.8, 4) is 17.1 Å². The number of aromatic nitrogens is 3. The highest BCUT2D eigenvalue weighted by Gasteiger charge is 2.16. The summed E-state index contributed by atoms with van der Waals surface area (Å²) in [5, 5.41) is 9.89. The molecule has 0 aliphatic carbocycles. The molecule has 2 aromatic carbocycles. The smallest absolute Gasteiger partial charge is 0.265 e. The van der Waals surface area contributed by atoms with E-state index < -0.39 is 6.10 Å². The van der Waals surface area contributed by atoms with Crippen molar-refractivity contribution in [3.05, 3.63) is 59.4 Å². The van der Waals surface area contributed by atoms with Crippen molar-refractivity contribution < 1.29 is 9.53 Å². The Hall–Kier alpha value is -2.86. The zero-order valence-corrected chi connectivity index (χ0v) is 14.5. The molecule has 1 heterocycles. The maximum absolute atomic E-state index is 12.3. The van der Waals surface area contributed by atoms with Crippen molar-refractivity contribution in [2.45, 2.75) is 20.0 Å². The molecule has 0 spiro atoms. The number of rotatable bonds is 5. The standard InChI is InChI=1S/C18H17ClN4O2/c1-11-3-8-15(19)16(9-11)25-12(2)18(24)22-14-6-4-13(5-7-14)17-20-10-21-23-17/h3-10,12H,1-2H3,(H,22,24)(H,20,21,23). The molecule has 0 bridgehead atoms. The van der Waals surface area contributed by atoms with Crippen LogP contribution in [0.1, 0.15) is 12.5 Å². The van der Waals surface area contributed by atoms with Gasteiger partial charge in [-0.2, -0.15) is 5.10 Å².